The number of para-hydroxylation sites is 2. The minimum Gasteiger partial charge on any atom is -0.404 e. The van der Waals surface area contributed by atoms with Crippen LogP contribution < -0.4 is 15.8 Å². The minimum atomic E-state index is -4.80. The minimum absolute atomic E-state index is 0. The second kappa shape index (κ2) is 9.39. The molecule has 3 rings (SSSR count). The van der Waals surface area contributed by atoms with Crippen LogP contribution in [0.5, 0.6) is 5.75 Å². The largest absolute Gasteiger partial charge is 0.573 e. The van der Waals surface area contributed by atoms with E-state index < -0.39 is 6.36 Å². The summed E-state index contributed by atoms with van der Waals surface area (Å²) in [6.45, 7) is 0.249. The maximum atomic E-state index is 12.4. The second-order valence-electron chi connectivity index (χ2n) is 5.38. The lowest BCUT2D eigenvalue weighted by atomic mass is 10.2. The van der Waals surface area contributed by atoms with E-state index in [1.807, 2.05) is 24.3 Å². The summed E-state index contributed by atoms with van der Waals surface area (Å²) < 4.78 is 42.9. The summed E-state index contributed by atoms with van der Waals surface area (Å²) in [7, 11) is 0. The van der Waals surface area contributed by atoms with Crippen molar-refractivity contribution in [3.8, 4) is 11.4 Å². The quantitative estimate of drug-likeness (QED) is 0.314. The number of ether oxygens (including phenoxy) is 1. The van der Waals surface area contributed by atoms with E-state index in [2.05, 4.69) is 25.1 Å². The van der Waals surface area contributed by atoms with Crippen LogP contribution in [-0.2, 0) is 6.54 Å². The number of alkyl halides is 3. The highest BCUT2D eigenvalue weighted by atomic mass is 127. The molecule has 7 nitrogen and oxygen atoms in total. The number of halogens is 4. The average Bonchev–Trinajstić information content (AvgIpc) is 3.16. The number of aliphatic imine (C=N–C) groups is 1. The zero-order valence-electron chi connectivity index (χ0n) is 14.3. The van der Waals surface area contributed by atoms with Gasteiger partial charge in [-0.15, -0.1) is 37.1 Å². The van der Waals surface area contributed by atoms with Crippen LogP contribution in [0.2, 0.25) is 0 Å². The van der Waals surface area contributed by atoms with E-state index in [-0.39, 0.29) is 47.9 Å². The van der Waals surface area contributed by atoms with Crippen molar-refractivity contribution in [3.05, 3.63) is 66.7 Å². The number of hydrogen-bond acceptors (Lipinski definition) is 4. The van der Waals surface area contributed by atoms with Crippen molar-refractivity contribution in [3.63, 3.8) is 0 Å². The van der Waals surface area contributed by atoms with E-state index in [1.54, 1.807) is 17.1 Å². The fourth-order valence-electron chi connectivity index (χ4n) is 2.23. The van der Waals surface area contributed by atoms with Crippen molar-refractivity contribution in [2.75, 3.05) is 5.32 Å². The van der Waals surface area contributed by atoms with E-state index in [0.717, 1.165) is 11.3 Å². The van der Waals surface area contributed by atoms with E-state index >= 15 is 0 Å². The fraction of sp³-hybridized carbons (Fsp3) is 0.118. The summed E-state index contributed by atoms with van der Waals surface area (Å²) in [5, 5.41) is 6.64. The molecule has 0 aliphatic rings. The standard InChI is InChI=1S/C17H15F3N6O.HI/c18-17(19,20)27-15-4-2-1-3-14(15)25-16(21)23-9-12-5-7-13(8-6-12)26-11-22-10-24-26;/h1-8,10-11H,9H2,(H3,21,23,25);1H. The van der Waals surface area contributed by atoms with Crippen LogP contribution in [0.15, 0.2) is 66.2 Å². The summed E-state index contributed by atoms with van der Waals surface area (Å²) in [6.07, 6.45) is -1.78. The molecule has 1 aromatic heterocycles. The SMILES string of the molecule is I.NC(=NCc1ccc(-n2cncn2)cc1)Nc1ccccc1OC(F)(F)F. The summed E-state index contributed by atoms with van der Waals surface area (Å²) in [6, 6.07) is 13.0. The fourth-order valence-corrected chi connectivity index (χ4v) is 2.23. The third kappa shape index (κ3) is 6.11. The first-order valence-electron chi connectivity index (χ1n) is 7.76. The number of nitrogens with zero attached hydrogens (tertiary/aromatic N) is 4. The highest BCUT2D eigenvalue weighted by Gasteiger charge is 2.32. The number of hydrogen-bond donors (Lipinski definition) is 2. The van der Waals surface area contributed by atoms with Crippen LogP contribution in [0.4, 0.5) is 18.9 Å². The molecule has 0 bridgehead atoms. The van der Waals surface area contributed by atoms with Gasteiger partial charge in [0, 0.05) is 0 Å². The third-order valence-corrected chi connectivity index (χ3v) is 3.43. The zero-order chi connectivity index (χ0) is 19.3. The van der Waals surface area contributed by atoms with Crippen molar-refractivity contribution in [1.82, 2.24) is 14.8 Å². The number of nitrogens with one attached hydrogen (secondary N) is 1. The van der Waals surface area contributed by atoms with Gasteiger partial charge in [-0.3, -0.25) is 0 Å². The predicted octanol–water partition coefficient (Wildman–Crippen LogP) is 3.71. The molecule has 3 aromatic rings. The Morgan fingerprint density at radius 3 is 2.50 bits per heavy atom. The van der Waals surface area contributed by atoms with E-state index in [0.29, 0.717) is 0 Å². The Balaban J connectivity index is 0.00000280. The molecule has 0 fully saturated rings. The van der Waals surface area contributed by atoms with Crippen LogP contribution in [0.25, 0.3) is 5.69 Å². The number of aromatic nitrogens is 3. The first kappa shape index (κ1) is 21.5. The average molecular weight is 504 g/mol. The van der Waals surface area contributed by atoms with E-state index in [4.69, 9.17) is 5.73 Å². The van der Waals surface area contributed by atoms with Gasteiger partial charge in [0.05, 0.1) is 17.9 Å². The van der Waals surface area contributed by atoms with E-state index in [1.165, 1.54) is 24.5 Å². The molecule has 0 amide bonds. The van der Waals surface area contributed by atoms with Crippen LogP contribution in [-0.4, -0.2) is 27.1 Å². The van der Waals surface area contributed by atoms with Crippen molar-refractivity contribution in [1.29, 1.82) is 0 Å². The Bertz CT molecular complexity index is 913. The molecule has 148 valence electrons. The Morgan fingerprint density at radius 1 is 1.14 bits per heavy atom. The molecule has 1 heterocycles. The van der Waals surface area contributed by atoms with Gasteiger partial charge in [0.1, 0.15) is 12.7 Å². The van der Waals surface area contributed by atoms with Gasteiger partial charge in [-0.2, -0.15) is 5.10 Å². The molecular formula is C17H16F3IN6O. The molecule has 0 aliphatic heterocycles. The third-order valence-electron chi connectivity index (χ3n) is 3.43. The van der Waals surface area contributed by atoms with Gasteiger partial charge in [-0.25, -0.2) is 14.7 Å². The van der Waals surface area contributed by atoms with Gasteiger partial charge >= 0.3 is 6.36 Å². The molecule has 0 saturated heterocycles. The molecule has 28 heavy (non-hydrogen) atoms. The van der Waals surface area contributed by atoms with Crippen molar-refractivity contribution in [2.24, 2.45) is 10.7 Å². The molecule has 0 aliphatic carbocycles. The zero-order valence-corrected chi connectivity index (χ0v) is 16.6. The lowest BCUT2D eigenvalue weighted by Crippen LogP contribution is -2.24. The summed E-state index contributed by atoms with van der Waals surface area (Å²) in [5.41, 5.74) is 7.54. The van der Waals surface area contributed by atoms with Gasteiger partial charge in [-0.1, -0.05) is 24.3 Å². The topological polar surface area (TPSA) is 90.4 Å². The van der Waals surface area contributed by atoms with Gasteiger partial charge in [0.2, 0.25) is 0 Å². The van der Waals surface area contributed by atoms with Crippen molar-refractivity contribution < 1.29 is 17.9 Å². The van der Waals surface area contributed by atoms with Crippen molar-refractivity contribution >= 4 is 35.6 Å². The molecule has 0 saturated carbocycles. The highest BCUT2D eigenvalue weighted by molar-refractivity contribution is 14.0. The van der Waals surface area contributed by atoms with Crippen LogP contribution in [0, 0.1) is 0 Å². The first-order valence-corrected chi connectivity index (χ1v) is 7.76. The first-order chi connectivity index (χ1) is 12.9. The smallest absolute Gasteiger partial charge is 0.404 e. The Labute approximate surface area is 175 Å². The summed E-state index contributed by atoms with van der Waals surface area (Å²) in [5.74, 6) is -0.422. The Morgan fingerprint density at radius 2 is 1.86 bits per heavy atom. The summed E-state index contributed by atoms with van der Waals surface area (Å²) in [4.78, 5) is 8.01. The molecule has 2 aromatic carbocycles. The Hall–Kier alpha value is -2.83. The highest BCUT2D eigenvalue weighted by Crippen LogP contribution is 2.29. The number of anilines is 1. The molecule has 0 spiro atoms. The monoisotopic (exact) mass is 504 g/mol. The normalized spacial score (nSPS) is 11.6. The molecule has 0 unspecified atom stereocenters. The molecule has 0 atom stereocenters. The van der Waals surface area contributed by atoms with E-state index in [9.17, 15) is 13.2 Å². The van der Waals surface area contributed by atoms with Gasteiger partial charge < -0.3 is 15.8 Å². The van der Waals surface area contributed by atoms with Crippen LogP contribution in [0.1, 0.15) is 5.56 Å². The van der Waals surface area contributed by atoms with Gasteiger partial charge in [-0.05, 0) is 29.8 Å². The number of benzene rings is 2. The lowest BCUT2D eigenvalue weighted by molar-refractivity contribution is -0.274. The summed E-state index contributed by atoms with van der Waals surface area (Å²) >= 11 is 0. The Kier molecular flexibility index (Phi) is 7.20. The van der Waals surface area contributed by atoms with Gasteiger partial charge in [0.25, 0.3) is 0 Å². The van der Waals surface area contributed by atoms with Crippen LogP contribution in [0.3, 0.4) is 0 Å². The van der Waals surface area contributed by atoms with Crippen molar-refractivity contribution in [2.45, 2.75) is 12.9 Å². The van der Waals surface area contributed by atoms with Gasteiger partial charge in [0.15, 0.2) is 11.7 Å². The lowest BCUT2D eigenvalue weighted by Gasteiger charge is -2.14. The molecule has 11 heteroatoms. The molecule has 3 N–H and O–H groups in total. The number of guanidine groups is 1. The van der Waals surface area contributed by atoms with Crippen LogP contribution >= 0.6 is 24.0 Å². The number of rotatable bonds is 5. The predicted molar refractivity (Wildman–Crippen MR) is 109 cm³/mol. The maximum absolute atomic E-state index is 12.4. The number of nitrogens with two attached hydrogens (primary N) is 1. The maximum Gasteiger partial charge on any atom is 0.573 e. The molecule has 0 radical (unpaired) electrons. The molecular weight excluding hydrogens is 488 g/mol. The second-order valence-corrected chi connectivity index (χ2v) is 5.38.